The fourth-order valence-corrected chi connectivity index (χ4v) is 10.1. The molecule has 0 saturated heterocycles. The van der Waals surface area contributed by atoms with E-state index in [1.807, 2.05) is 6.07 Å². The summed E-state index contributed by atoms with van der Waals surface area (Å²) in [5, 5.41) is 13.3. The van der Waals surface area contributed by atoms with Gasteiger partial charge in [0.1, 0.15) is 5.82 Å². The van der Waals surface area contributed by atoms with Gasteiger partial charge in [0, 0.05) is 27.6 Å². The molecule has 0 saturated carbocycles. The summed E-state index contributed by atoms with van der Waals surface area (Å²) in [6.45, 7) is 0. The van der Waals surface area contributed by atoms with Gasteiger partial charge in [-0.3, -0.25) is 4.57 Å². The van der Waals surface area contributed by atoms with E-state index in [-0.39, 0.29) is 0 Å². The Bertz CT molecular complexity index is 3960. The number of aromatic nitrogens is 3. The zero-order valence-electron chi connectivity index (χ0n) is 34.2. The SMILES string of the molecule is c1ccc(-c2nc3ccccc3n2-c2ccc(-c3cc(-c4cc5ccccc5c5ccccc45)c4cc(-c5cc6ccccc6c6ccccc56)c5ccccc5c4n3)cc2)cc1. The summed E-state index contributed by atoms with van der Waals surface area (Å²) >= 11 is 0. The molecule has 0 N–H and O–H groups in total. The molecule has 0 atom stereocenters. The fourth-order valence-electron chi connectivity index (χ4n) is 10.1. The van der Waals surface area contributed by atoms with Crippen LogP contribution < -0.4 is 0 Å². The van der Waals surface area contributed by atoms with Crippen LogP contribution in [0.25, 0.3) is 126 Å². The van der Waals surface area contributed by atoms with Crippen LogP contribution in [-0.4, -0.2) is 14.5 Å². The number of imidazole rings is 1. The monoisotopic (exact) mass is 799 g/mol. The van der Waals surface area contributed by atoms with Crippen molar-refractivity contribution in [3.05, 3.63) is 224 Å². The fraction of sp³-hybridized carbons (Fsp3) is 0. The van der Waals surface area contributed by atoms with E-state index in [1.54, 1.807) is 0 Å². The van der Waals surface area contributed by atoms with Gasteiger partial charge in [-0.2, -0.15) is 0 Å². The lowest BCUT2D eigenvalue weighted by Crippen LogP contribution is -1.98. The Kier molecular flexibility index (Phi) is 7.91. The van der Waals surface area contributed by atoms with Crippen molar-refractivity contribution in [3.63, 3.8) is 0 Å². The molecule has 0 bridgehead atoms. The molecule has 63 heavy (non-hydrogen) atoms. The highest BCUT2D eigenvalue weighted by Gasteiger charge is 2.21. The highest BCUT2D eigenvalue weighted by Crippen LogP contribution is 2.45. The molecule has 3 nitrogen and oxygen atoms in total. The molecule has 2 aromatic heterocycles. The summed E-state index contributed by atoms with van der Waals surface area (Å²) in [5.41, 5.74) is 11.9. The average Bonchev–Trinajstić information content (AvgIpc) is 3.75. The molecular formula is C60H37N3. The van der Waals surface area contributed by atoms with Crippen molar-refractivity contribution < 1.29 is 0 Å². The van der Waals surface area contributed by atoms with Crippen LogP contribution in [0.4, 0.5) is 0 Å². The summed E-state index contributed by atoms with van der Waals surface area (Å²) in [4.78, 5) is 10.7. The maximum Gasteiger partial charge on any atom is 0.145 e. The average molecular weight is 800 g/mol. The molecule has 0 unspecified atom stereocenters. The number of rotatable bonds is 5. The third-order valence-corrected chi connectivity index (χ3v) is 13.0. The van der Waals surface area contributed by atoms with Gasteiger partial charge in [-0.25, -0.2) is 9.97 Å². The van der Waals surface area contributed by atoms with Gasteiger partial charge in [0.15, 0.2) is 0 Å². The highest BCUT2D eigenvalue weighted by atomic mass is 15.1. The van der Waals surface area contributed by atoms with Crippen LogP contribution in [0.15, 0.2) is 224 Å². The minimum atomic E-state index is 0.917. The summed E-state index contributed by atoms with van der Waals surface area (Å²) in [7, 11) is 0. The Morgan fingerprint density at radius 1 is 0.302 bits per heavy atom. The first kappa shape index (κ1) is 35.4. The van der Waals surface area contributed by atoms with Crippen LogP contribution >= 0.6 is 0 Å². The second kappa shape index (κ2) is 14.1. The van der Waals surface area contributed by atoms with E-state index in [1.165, 1.54) is 65.2 Å². The van der Waals surface area contributed by atoms with E-state index in [0.29, 0.717) is 0 Å². The Labute approximate surface area is 363 Å². The quantitative estimate of drug-likeness (QED) is 0.162. The standard InChI is InChI=1S/C60H37N3/c1-2-16-39(17-3-1)60-62-56-28-14-15-29-58(56)63(60)42-32-30-38(31-33-42)57-37-54(52-35-41-19-5-7-21-44(41)46-23-9-11-25-48(46)52)55-36-53(49-26-12-13-27-50(49)59(55)61-57)51-34-40-18-4-6-20-43(40)45-22-8-10-24-47(45)51/h1-37H. The van der Waals surface area contributed by atoms with Gasteiger partial charge in [0.2, 0.25) is 0 Å². The second-order valence-electron chi connectivity index (χ2n) is 16.5. The van der Waals surface area contributed by atoms with E-state index >= 15 is 0 Å². The molecule has 0 fully saturated rings. The zero-order valence-corrected chi connectivity index (χ0v) is 34.2. The number of para-hydroxylation sites is 2. The Morgan fingerprint density at radius 2 is 0.778 bits per heavy atom. The molecule has 0 aliphatic heterocycles. The molecule has 11 aromatic carbocycles. The Hall–Kier alpha value is -8.40. The van der Waals surface area contributed by atoms with E-state index in [2.05, 4.69) is 223 Å². The molecule has 3 heteroatoms. The van der Waals surface area contributed by atoms with Gasteiger partial charge in [0.05, 0.1) is 22.2 Å². The normalized spacial score (nSPS) is 11.8. The number of hydrogen-bond acceptors (Lipinski definition) is 2. The summed E-state index contributed by atoms with van der Waals surface area (Å²) in [5.74, 6) is 0.917. The third kappa shape index (κ3) is 5.60. The van der Waals surface area contributed by atoms with Crippen LogP contribution in [-0.2, 0) is 0 Å². The van der Waals surface area contributed by atoms with Crippen molar-refractivity contribution in [3.8, 4) is 50.6 Å². The topological polar surface area (TPSA) is 30.7 Å². The van der Waals surface area contributed by atoms with Gasteiger partial charge >= 0.3 is 0 Å². The molecule has 2 heterocycles. The Morgan fingerprint density at radius 3 is 1.41 bits per heavy atom. The van der Waals surface area contributed by atoms with Crippen LogP contribution in [0, 0.1) is 0 Å². The van der Waals surface area contributed by atoms with E-state index in [4.69, 9.17) is 9.97 Å². The van der Waals surface area contributed by atoms with E-state index in [0.717, 1.165) is 61.2 Å². The molecule has 292 valence electrons. The molecule has 13 aromatic rings. The van der Waals surface area contributed by atoms with Crippen LogP contribution in [0.5, 0.6) is 0 Å². The minimum Gasteiger partial charge on any atom is -0.292 e. The number of nitrogens with zero attached hydrogens (tertiary/aromatic N) is 3. The largest absolute Gasteiger partial charge is 0.292 e. The first-order valence-corrected chi connectivity index (χ1v) is 21.6. The molecule has 13 rings (SSSR count). The van der Waals surface area contributed by atoms with Crippen LogP contribution in [0.2, 0.25) is 0 Å². The number of fused-ring (bicyclic) bond motifs is 10. The van der Waals surface area contributed by atoms with Gasteiger partial charge in [-0.05, 0) is 119 Å². The maximum absolute atomic E-state index is 5.64. The molecular weight excluding hydrogens is 763 g/mol. The van der Waals surface area contributed by atoms with Crippen LogP contribution in [0.1, 0.15) is 0 Å². The first-order chi connectivity index (χ1) is 31.2. The predicted molar refractivity (Wildman–Crippen MR) is 266 cm³/mol. The lowest BCUT2D eigenvalue weighted by Gasteiger charge is -2.19. The minimum absolute atomic E-state index is 0.917. The predicted octanol–water partition coefficient (Wildman–Crippen LogP) is 16.0. The molecule has 0 spiro atoms. The van der Waals surface area contributed by atoms with E-state index < -0.39 is 0 Å². The van der Waals surface area contributed by atoms with Gasteiger partial charge in [-0.1, -0.05) is 176 Å². The number of hydrogen-bond donors (Lipinski definition) is 0. The smallest absolute Gasteiger partial charge is 0.145 e. The van der Waals surface area contributed by atoms with Gasteiger partial charge < -0.3 is 0 Å². The lowest BCUT2D eigenvalue weighted by molar-refractivity contribution is 1.10. The number of benzene rings is 11. The summed E-state index contributed by atoms with van der Waals surface area (Å²) in [6, 6.07) is 81.2. The van der Waals surface area contributed by atoms with Gasteiger partial charge in [0.25, 0.3) is 0 Å². The van der Waals surface area contributed by atoms with Crippen molar-refractivity contribution in [2.45, 2.75) is 0 Å². The molecule has 0 radical (unpaired) electrons. The molecule has 0 aliphatic carbocycles. The Balaban J connectivity index is 1.09. The first-order valence-electron chi connectivity index (χ1n) is 21.6. The summed E-state index contributed by atoms with van der Waals surface area (Å²) in [6.07, 6.45) is 0. The van der Waals surface area contributed by atoms with Crippen molar-refractivity contribution >= 4 is 75.8 Å². The van der Waals surface area contributed by atoms with Crippen LogP contribution in [0.3, 0.4) is 0 Å². The van der Waals surface area contributed by atoms with Crippen molar-refractivity contribution in [1.29, 1.82) is 0 Å². The summed E-state index contributed by atoms with van der Waals surface area (Å²) < 4.78 is 2.26. The van der Waals surface area contributed by atoms with Crippen molar-refractivity contribution in [2.75, 3.05) is 0 Å². The highest BCUT2D eigenvalue weighted by molar-refractivity contribution is 6.23. The molecule has 0 amide bonds. The van der Waals surface area contributed by atoms with Crippen molar-refractivity contribution in [2.24, 2.45) is 0 Å². The second-order valence-corrected chi connectivity index (χ2v) is 16.5. The van der Waals surface area contributed by atoms with Gasteiger partial charge in [-0.15, -0.1) is 0 Å². The number of pyridine rings is 1. The molecule has 0 aliphatic rings. The third-order valence-electron chi connectivity index (χ3n) is 13.0. The maximum atomic E-state index is 5.64. The lowest BCUT2D eigenvalue weighted by atomic mass is 9.86. The van der Waals surface area contributed by atoms with Crippen molar-refractivity contribution in [1.82, 2.24) is 14.5 Å². The van der Waals surface area contributed by atoms with E-state index in [9.17, 15) is 0 Å². The zero-order chi connectivity index (χ0) is 41.4.